The van der Waals surface area contributed by atoms with Gasteiger partial charge in [-0.2, -0.15) is 0 Å². The second-order valence-electron chi connectivity index (χ2n) is 4.40. The number of amides is 1. The maximum atomic E-state index is 11.8. The van der Waals surface area contributed by atoms with E-state index in [9.17, 15) is 4.79 Å². The maximum absolute atomic E-state index is 11.8. The van der Waals surface area contributed by atoms with Crippen molar-refractivity contribution in [2.75, 3.05) is 13.7 Å². The quantitative estimate of drug-likeness (QED) is 0.624. The van der Waals surface area contributed by atoms with Crippen molar-refractivity contribution in [2.45, 2.75) is 17.4 Å². The summed E-state index contributed by atoms with van der Waals surface area (Å²) in [7, 11) is 1.61. The van der Waals surface area contributed by atoms with Gasteiger partial charge in [0, 0.05) is 12.1 Å². The molecule has 22 heavy (non-hydrogen) atoms. The summed E-state index contributed by atoms with van der Waals surface area (Å²) in [5.41, 5.74) is 0.795. The van der Waals surface area contributed by atoms with Gasteiger partial charge in [-0.1, -0.05) is 17.8 Å². The fourth-order valence-electron chi connectivity index (χ4n) is 1.63. The number of carbonyl (C=O) groups excluding carboxylic acids is 1. The maximum Gasteiger partial charge on any atom is 0.277 e. The van der Waals surface area contributed by atoms with Crippen molar-refractivity contribution in [2.24, 2.45) is 0 Å². The molecule has 1 N–H and O–H groups in total. The van der Waals surface area contributed by atoms with Crippen molar-refractivity contribution < 1.29 is 13.9 Å². The van der Waals surface area contributed by atoms with E-state index in [1.165, 1.54) is 11.8 Å². The number of hydrogen-bond acceptors (Lipinski definition) is 6. The van der Waals surface area contributed by atoms with Gasteiger partial charge in [0.1, 0.15) is 5.75 Å². The minimum Gasteiger partial charge on any atom is -0.497 e. The summed E-state index contributed by atoms with van der Waals surface area (Å²) >= 11 is 1.21. The van der Waals surface area contributed by atoms with E-state index in [4.69, 9.17) is 9.15 Å². The molecule has 0 aliphatic heterocycles. The van der Waals surface area contributed by atoms with Crippen LogP contribution in [0, 0.1) is 0 Å². The number of aromatic nitrogens is 2. The van der Waals surface area contributed by atoms with E-state index in [0.717, 1.165) is 11.3 Å². The molecule has 0 saturated heterocycles. The van der Waals surface area contributed by atoms with Gasteiger partial charge in [-0.05, 0) is 31.2 Å². The third-order valence-corrected chi connectivity index (χ3v) is 3.75. The van der Waals surface area contributed by atoms with Crippen LogP contribution in [0.15, 0.2) is 46.6 Å². The second-order valence-corrected chi connectivity index (χ2v) is 5.69. The molecule has 0 aliphatic carbocycles. The molecule has 1 amide bonds. The lowest BCUT2D eigenvalue weighted by atomic mass is 10.2. The van der Waals surface area contributed by atoms with Gasteiger partial charge < -0.3 is 14.5 Å². The molecular formula is C15H17N3O3S. The van der Waals surface area contributed by atoms with Gasteiger partial charge in [-0.3, -0.25) is 4.79 Å². The van der Waals surface area contributed by atoms with Crippen LogP contribution in [-0.4, -0.2) is 35.0 Å². The van der Waals surface area contributed by atoms with Crippen LogP contribution >= 0.6 is 11.8 Å². The molecule has 1 heterocycles. The smallest absolute Gasteiger partial charge is 0.277 e. The molecule has 1 aromatic heterocycles. The zero-order valence-corrected chi connectivity index (χ0v) is 13.2. The highest BCUT2D eigenvalue weighted by atomic mass is 32.2. The Hall–Kier alpha value is -2.28. The molecule has 0 spiro atoms. The largest absolute Gasteiger partial charge is 0.497 e. The second kappa shape index (κ2) is 7.65. The third kappa shape index (κ3) is 4.11. The van der Waals surface area contributed by atoms with Gasteiger partial charge >= 0.3 is 0 Å². The lowest BCUT2D eigenvalue weighted by Crippen LogP contribution is -2.30. The van der Waals surface area contributed by atoms with E-state index in [1.807, 2.05) is 24.3 Å². The first-order valence-corrected chi connectivity index (χ1v) is 7.55. The first kappa shape index (κ1) is 16.1. The number of benzene rings is 1. The van der Waals surface area contributed by atoms with Crippen LogP contribution in [0.4, 0.5) is 0 Å². The van der Waals surface area contributed by atoms with Crippen LogP contribution < -0.4 is 10.1 Å². The Bertz CT molecular complexity index is 640. The Morgan fingerprint density at radius 3 is 2.82 bits per heavy atom. The minimum atomic E-state index is -0.330. The number of nitrogens with zero attached hydrogens (tertiary/aromatic N) is 2. The van der Waals surface area contributed by atoms with Crippen molar-refractivity contribution in [3.05, 3.63) is 36.9 Å². The van der Waals surface area contributed by atoms with Crippen LogP contribution in [0.5, 0.6) is 5.75 Å². The molecule has 0 radical (unpaired) electrons. The minimum absolute atomic E-state index is 0.103. The molecule has 6 nitrogen and oxygen atoms in total. The number of ether oxygens (including phenoxy) is 1. The number of nitrogens with one attached hydrogen (secondary N) is 1. The molecule has 1 atom stereocenters. The summed E-state index contributed by atoms with van der Waals surface area (Å²) in [5.74, 6) is 1.06. The zero-order valence-electron chi connectivity index (χ0n) is 12.4. The highest BCUT2D eigenvalue weighted by molar-refractivity contribution is 8.00. The van der Waals surface area contributed by atoms with Crippen LogP contribution in [0.1, 0.15) is 6.92 Å². The van der Waals surface area contributed by atoms with Gasteiger partial charge in [0.2, 0.25) is 11.8 Å². The van der Waals surface area contributed by atoms with Crippen LogP contribution in [0.3, 0.4) is 0 Å². The van der Waals surface area contributed by atoms with Crippen LogP contribution in [0.25, 0.3) is 11.5 Å². The lowest BCUT2D eigenvalue weighted by molar-refractivity contribution is -0.120. The molecule has 0 bridgehead atoms. The Labute approximate surface area is 133 Å². The summed E-state index contributed by atoms with van der Waals surface area (Å²) in [6, 6.07) is 7.30. The molecular weight excluding hydrogens is 302 g/mol. The first-order chi connectivity index (χ1) is 10.6. The fourth-order valence-corrected chi connectivity index (χ4v) is 2.34. The van der Waals surface area contributed by atoms with E-state index in [2.05, 4.69) is 22.1 Å². The predicted molar refractivity (Wildman–Crippen MR) is 84.8 cm³/mol. The van der Waals surface area contributed by atoms with E-state index in [-0.39, 0.29) is 11.2 Å². The molecule has 2 aromatic rings. The molecule has 116 valence electrons. The number of methoxy groups -OCH3 is 1. The van der Waals surface area contributed by atoms with Crippen LogP contribution in [0.2, 0.25) is 0 Å². The summed E-state index contributed by atoms with van der Waals surface area (Å²) in [4.78, 5) is 11.8. The average molecular weight is 319 g/mol. The van der Waals surface area contributed by atoms with Crippen molar-refractivity contribution in [1.82, 2.24) is 15.5 Å². The summed E-state index contributed by atoms with van der Waals surface area (Å²) in [6.07, 6.45) is 1.63. The standard InChI is InChI=1S/C15H17N3O3S/c1-4-9-16-13(19)10(2)22-15-18-17-14(21-15)11-5-7-12(20-3)8-6-11/h4-8,10H,1,9H2,2-3H3,(H,16,19)/t10-/m1/s1. The number of rotatable bonds is 7. The Morgan fingerprint density at radius 2 is 2.18 bits per heavy atom. The molecule has 0 aliphatic rings. The summed E-state index contributed by atoms with van der Waals surface area (Å²) in [6.45, 7) is 5.77. The van der Waals surface area contributed by atoms with Gasteiger partial charge in [-0.15, -0.1) is 16.8 Å². The van der Waals surface area contributed by atoms with Crippen molar-refractivity contribution in [3.8, 4) is 17.2 Å². The van der Waals surface area contributed by atoms with Crippen molar-refractivity contribution in [1.29, 1.82) is 0 Å². The number of hydrogen-bond donors (Lipinski definition) is 1. The lowest BCUT2D eigenvalue weighted by Gasteiger charge is -2.07. The van der Waals surface area contributed by atoms with E-state index < -0.39 is 0 Å². The third-order valence-electron chi connectivity index (χ3n) is 2.81. The van der Waals surface area contributed by atoms with Gasteiger partial charge in [-0.25, -0.2) is 0 Å². The topological polar surface area (TPSA) is 77.2 Å². The fraction of sp³-hybridized carbons (Fsp3) is 0.267. The Balaban J connectivity index is 2.01. The monoisotopic (exact) mass is 319 g/mol. The highest BCUT2D eigenvalue weighted by Gasteiger charge is 2.18. The Kier molecular flexibility index (Phi) is 5.60. The normalized spacial score (nSPS) is 11.7. The molecule has 2 rings (SSSR count). The molecule has 0 fully saturated rings. The van der Waals surface area contributed by atoms with Gasteiger partial charge in [0.15, 0.2) is 0 Å². The van der Waals surface area contributed by atoms with Crippen LogP contribution in [-0.2, 0) is 4.79 Å². The number of thioether (sulfide) groups is 1. The van der Waals surface area contributed by atoms with E-state index in [1.54, 1.807) is 20.1 Å². The molecule has 1 aromatic carbocycles. The molecule has 0 unspecified atom stereocenters. The van der Waals surface area contributed by atoms with Crippen molar-refractivity contribution >= 4 is 17.7 Å². The average Bonchev–Trinajstić information content (AvgIpc) is 3.01. The Morgan fingerprint density at radius 1 is 1.45 bits per heavy atom. The molecule has 7 heteroatoms. The van der Waals surface area contributed by atoms with Gasteiger partial charge in [0.25, 0.3) is 5.22 Å². The van der Waals surface area contributed by atoms with Crippen molar-refractivity contribution in [3.63, 3.8) is 0 Å². The van der Waals surface area contributed by atoms with E-state index >= 15 is 0 Å². The SMILES string of the molecule is C=CCNC(=O)[C@@H](C)Sc1nnc(-c2ccc(OC)cc2)o1. The summed E-state index contributed by atoms with van der Waals surface area (Å²) < 4.78 is 10.7. The molecule has 0 saturated carbocycles. The predicted octanol–water partition coefficient (Wildman–Crippen LogP) is 2.53. The highest BCUT2D eigenvalue weighted by Crippen LogP contribution is 2.27. The van der Waals surface area contributed by atoms with E-state index in [0.29, 0.717) is 17.7 Å². The zero-order chi connectivity index (χ0) is 15.9. The summed E-state index contributed by atoms with van der Waals surface area (Å²) in [5, 5.41) is 10.7. The van der Waals surface area contributed by atoms with Gasteiger partial charge in [0.05, 0.1) is 12.4 Å². The first-order valence-electron chi connectivity index (χ1n) is 6.67. The number of carbonyl (C=O) groups is 1.